The van der Waals surface area contributed by atoms with Gasteiger partial charge in [-0.2, -0.15) is 10.4 Å². The number of hydrogen-bond donors (Lipinski definition) is 1. The normalized spacial score (nSPS) is 11.6. The average Bonchev–Trinajstić information content (AvgIpc) is 2.90. The monoisotopic (exact) mass is 272 g/mol. The van der Waals surface area contributed by atoms with E-state index in [1.165, 1.54) is 12.1 Å². The van der Waals surface area contributed by atoms with E-state index in [2.05, 4.69) is 15.4 Å². The van der Waals surface area contributed by atoms with Gasteiger partial charge in [-0.3, -0.25) is 14.8 Å². The van der Waals surface area contributed by atoms with Gasteiger partial charge < -0.3 is 5.32 Å². The third kappa shape index (κ3) is 3.08. The zero-order chi connectivity index (χ0) is 14.5. The molecule has 0 saturated carbocycles. The molecule has 0 radical (unpaired) electrons. The van der Waals surface area contributed by atoms with Gasteiger partial charge in [-0.05, 0) is 19.1 Å². The molecule has 0 aliphatic heterocycles. The van der Waals surface area contributed by atoms with Crippen LogP contribution in [0, 0.1) is 21.4 Å². The number of nitriles is 1. The van der Waals surface area contributed by atoms with Gasteiger partial charge in [0.15, 0.2) is 0 Å². The van der Waals surface area contributed by atoms with Crippen LogP contribution in [0.2, 0.25) is 0 Å². The van der Waals surface area contributed by atoms with Gasteiger partial charge in [0.25, 0.3) is 0 Å². The first-order valence-electron chi connectivity index (χ1n) is 5.89. The lowest BCUT2D eigenvalue weighted by molar-refractivity contribution is -0.385. The molecule has 0 fully saturated rings. The zero-order valence-electron chi connectivity index (χ0n) is 10.7. The summed E-state index contributed by atoms with van der Waals surface area (Å²) < 4.78 is 1.76. The van der Waals surface area contributed by atoms with Crippen molar-refractivity contribution in [3.63, 3.8) is 0 Å². The first-order valence-corrected chi connectivity index (χ1v) is 5.89. The fourth-order valence-corrected chi connectivity index (χ4v) is 1.75. The second-order valence-electron chi connectivity index (χ2n) is 4.21. The molecule has 1 unspecified atom stereocenters. The van der Waals surface area contributed by atoms with Gasteiger partial charge in [-0.25, -0.2) is 4.98 Å². The Morgan fingerprint density at radius 3 is 3.00 bits per heavy atom. The molecule has 1 N–H and O–H groups in total. The fourth-order valence-electron chi connectivity index (χ4n) is 1.75. The van der Waals surface area contributed by atoms with Gasteiger partial charge in [0.1, 0.15) is 11.9 Å². The molecule has 0 saturated heterocycles. The minimum atomic E-state index is -0.623. The van der Waals surface area contributed by atoms with Crippen LogP contribution < -0.4 is 5.32 Å². The van der Waals surface area contributed by atoms with Gasteiger partial charge >= 0.3 is 5.69 Å². The van der Waals surface area contributed by atoms with Crippen LogP contribution in [0.4, 0.5) is 11.5 Å². The molecule has 0 aliphatic rings. The van der Waals surface area contributed by atoms with Crippen LogP contribution in [0.15, 0.2) is 30.6 Å². The van der Waals surface area contributed by atoms with Crippen molar-refractivity contribution >= 4 is 11.5 Å². The van der Waals surface area contributed by atoms with Gasteiger partial charge in [-0.1, -0.05) is 0 Å². The van der Waals surface area contributed by atoms with Gasteiger partial charge in [0.2, 0.25) is 5.69 Å². The predicted molar refractivity (Wildman–Crippen MR) is 70.9 cm³/mol. The number of anilines is 1. The highest BCUT2D eigenvalue weighted by Crippen LogP contribution is 2.18. The SMILES string of the molecule is CC(Cn1cccn1)Nc1ccc([N+](=O)[O-])c(C#N)n1. The Hall–Kier alpha value is -2.95. The van der Waals surface area contributed by atoms with Gasteiger partial charge in [0.05, 0.1) is 11.5 Å². The Kier molecular flexibility index (Phi) is 3.91. The van der Waals surface area contributed by atoms with Crippen molar-refractivity contribution in [2.24, 2.45) is 0 Å². The summed E-state index contributed by atoms with van der Waals surface area (Å²) in [5.74, 6) is 0.423. The molecule has 8 nitrogen and oxygen atoms in total. The summed E-state index contributed by atoms with van der Waals surface area (Å²) in [7, 11) is 0. The molecule has 0 spiro atoms. The highest BCUT2D eigenvalue weighted by Gasteiger charge is 2.16. The van der Waals surface area contributed by atoms with Crippen LogP contribution >= 0.6 is 0 Å². The number of hydrogen-bond acceptors (Lipinski definition) is 6. The van der Waals surface area contributed by atoms with Crippen molar-refractivity contribution in [1.29, 1.82) is 5.26 Å². The minimum absolute atomic E-state index is 0.00963. The quantitative estimate of drug-likeness (QED) is 0.653. The average molecular weight is 272 g/mol. The van der Waals surface area contributed by atoms with E-state index in [9.17, 15) is 10.1 Å². The summed E-state index contributed by atoms with van der Waals surface area (Å²) in [5.41, 5.74) is -0.496. The second kappa shape index (κ2) is 5.79. The first-order chi connectivity index (χ1) is 9.60. The molecule has 20 heavy (non-hydrogen) atoms. The highest BCUT2D eigenvalue weighted by atomic mass is 16.6. The molecular weight excluding hydrogens is 260 g/mol. The standard InChI is InChI=1S/C12H12N6O2/c1-9(8-17-6-2-5-14-17)15-12-4-3-11(18(19)20)10(7-13)16-12/h2-6,9H,8H2,1H3,(H,15,16). The highest BCUT2D eigenvalue weighted by molar-refractivity contribution is 5.50. The Bertz CT molecular complexity index is 646. The molecule has 2 aromatic heterocycles. The van der Waals surface area contributed by atoms with Crippen LogP contribution in [-0.4, -0.2) is 25.7 Å². The van der Waals surface area contributed by atoms with Crippen molar-refractivity contribution < 1.29 is 4.92 Å². The molecule has 2 heterocycles. The number of pyridine rings is 1. The Morgan fingerprint density at radius 1 is 1.60 bits per heavy atom. The lowest BCUT2D eigenvalue weighted by atomic mass is 10.3. The first kappa shape index (κ1) is 13.5. The largest absolute Gasteiger partial charge is 0.366 e. The Labute approximate surface area is 114 Å². The zero-order valence-corrected chi connectivity index (χ0v) is 10.7. The van der Waals surface area contributed by atoms with Crippen molar-refractivity contribution in [1.82, 2.24) is 14.8 Å². The third-order valence-corrected chi connectivity index (χ3v) is 2.59. The van der Waals surface area contributed by atoms with Crippen molar-refractivity contribution in [3.05, 3.63) is 46.4 Å². The molecule has 0 aliphatic carbocycles. The Balaban J connectivity index is 2.10. The van der Waals surface area contributed by atoms with Crippen LogP contribution in [0.3, 0.4) is 0 Å². The predicted octanol–water partition coefficient (Wildman–Crippen LogP) is 1.56. The van der Waals surface area contributed by atoms with E-state index in [1.54, 1.807) is 16.9 Å². The van der Waals surface area contributed by atoms with Gasteiger partial charge in [-0.15, -0.1) is 0 Å². The minimum Gasteiger partial charge on any atom is -0.366 e. The van der Waals surface area contributed by atoms with Crippen LogP contribution in [0.1, 0.15) is 12.6 Å². The second-order valence-corrected chi connectivity index (χ2v) is 4.21. The number of nitrogens with zero attached hydrogens (tertiary/aromatic N) is 5. The number of rotatable bonds is 5. The smallest absolute Gasteiger partial charge is 0.305 e. The number of nitrogens with one attached hydrogen (secondary N) is 1. The molecule has 0 amide bonds. The Morgan fingerprint density at radius 2 is 2.40 bits per heavy atom. The molecule has 8 heteroatoms. The van der Waals surface area contributed by atoms with Crippen molar-refractivity contribution in [3.8, 4) is 6.07 Å². The van der Waals surface area contributed by atoms with Crippen molar-refractivity contribution in [2.75, 3.05) is 5.32 Å². The third-order valence-electron chi connectivity index (χ3n) is 2.59. The summed E-state index contributed by atoms with van der Waals surface area (Å²) in [6.07, 6.45) is 3.52. The van der Waals surface area contributed by atoms with Crippen LogP contribution in [-0.2, 0) is 6.54 Å². The van der Waals surface area contributed by atoms with Gasteiger partial charge in [0, 0.05) is 24.5 Å². The van der Waals surface area contributed by atoms with Crippen LogP contribution in [0.25, 0.3) is 0 Å². The maximum absolute atomic E-state index is 10.7. The summed E-state index contributed by atoms with van der Waals surface area (Å²) in [6, 6.07) is 6.32. The summed E-state index contributed by atoms with van der Waals surface area (Å²) in [4.78, 5) is 14.0. The lowest BCUT2D eigenvalue weighted by Gasteiger charge is -2.14. The van der Waals surface area contributed by atoms with E-state index in [0.29, 0.717) is 12.4 Å². The molecule has 2 rings (SSSR count). The van der Waals surface area contributed by atoms with E-state index >= 15 is 0 Å². The van der Waals surface area contributed by atoms with E-state index in [0.717, 1.165) is 0 Å². The molecule has 2 aromatic rings. The summed E-state index contributed by atoms with van der Waals surface area (Å²) in [6.45, 7) is 2.55. The maximum atomic E-state index is 10.7. The topological polar surface area (TPSA) is 110 Å². The van der Waals surface area contributed by atoms with E-state index in [4.69, 9.17) is 5.26 Å². The van der Waals surface area contributed by atoms with E-state index < -0.39 is 4.92 Å². The van der Waals surface area contributed by atoms with Crippen LogP contribution in [0.5, 0.6) is 0 Å². The molecule has 0 aromatic carbocycles. The number of aromatic nitrogens is 3. The maximum Gasteiger partial charge on any atom is 0.305 e. The van der Waals surface area contributed by atoms with E-state index in [-0.39, 0.29) is 17.4 Å². The molecule has 0 bridgehead atoms. The summed E-state index contributed by atoms with van der Waals surface area (Å²) in [5, 5.41) is 26.7. The number of nitro groups is 1. The fraction of sp³-hybridized carbons (Fsp3) is 0.250. The molecular formula is C12H12N6O2. The molecule has 1 atom stereocenters. The molecule has 102 valence electrons. The lowest BCUT2D eigenvalue weighted by Crippen LogP contribution is -2.23. The van der Waals surface area contributed by atoms with Crippen molar-refractivity contribution in [2.45, 2.75) is 19.5 Å². The summed E-state index contributed by atoms with van der Waals surface area (Å²) >= 11 is 0. The van der Waals surface area contributed by atoms with E-state index in [1.807, 2.05) is 19.2 Å².